The van der Waals surface area contributed by atoms with Gasteiger partial charge >= 0.3 is 7.12 Å². The van der Waals surface area contributed by atoms with Gasteiger partial charge in [0.15, 0.2) is 33.2 Å². The van der Waals surface area contributed by atoms with E-state index >= 15 is 0 Å². The number of rotatable bonds is 18. The lowest BCUT2D eigenvalue weighted by molar-refractivity contribution is 0.425. The highest BCUT2D eigenvalue weighted by Crippen LogP contribution is 2.31. The van der Waals surface area contributed by atoms with Crippen molar-refractivity contribution in [3.05, 3.63) is 231 Å². The second kappa shape index (κ2) is 33.3. The quantitative estimate of drug-likeness (QED) is 0.0509. The molecule has 6 N–H and O–H groups in total. The van der Waals surface area contributed by atoms with Crippen LogP contribution in [0.2, 0.25) is 0 Å². The van der Waals surface area contributed by atoms with Gasteiger partial charge in [-0.1, -0.05) is 108 Å². The number of anilines is 2. The van der Waals surface area contributed by atoms with Crippen molar-refractivity contribution < 1.29 is 18.8 Å². The van der Waals surface area contributed by atoms with Gasteiger partial charge < -0.3 is 40.1 Å². The molecule has 10 heterocycles. The number of hydrogen-bond acceptors (Lipinski definition) is 12. The van der Waals surface area contributed by atoms with Crippen LogP contribution in [-0.2, 0) is 40.4 Å². The molecule has 18 nitrogen and oxygen atoms in total. The molecule has 0 amide bonds. The number of para-hydroxylation sites is 3. The maximum absolute atomic E-state index is 13.9. The van der Waals surface area contributed by atoms with E-state index in [4.69, 9.17) is 20.8 Å². The number of imidazole rings is 3. The molecular formula is C74H82BBr3F2N16O2. The van der Waals surface area contributed by atoms with E-state index in [-0.39, 0.29) is 11.3 Å². The number of nitrogens with one attached hydrogen (secondary N) is 2. The van der Waals surface area contributed by atoms with E-state index in [0.717, 1.165) is 93.4 Å². The van der Waals surface area contributed by atoms with E-state index in [1.165, 1.54) is 91.2 Å². The molecule has 508 valence electrons. The predicted octanol–water partition coefficient (Wildman–Crippen LogP) is 15.7. The van der Waals surface area contributed by atoms with Crippen molar-refractivity contribution in [3.8, 4) is 11.3 Å². The van der Waals surface area contributed by atoms with Gasteiger partial charge in [0.1, 0.15) is 20.8 Å². The minimum absolute atomic E-state index is 0.167. The van der Waals surface area contributed by atoms with Crippen molar-refractivity contribution in [2.45, 2.75) is 97.8 Å². The van der Waals surface area contributed by atoms with E-state index in [1.807, 2.05) is 37.2 Å². The van der Waals surface area contributed by atoms with Gasteiger partial charge in [0, 0.05) is 152 Å². The van der Waals surface area contributed by atoms with Crippen molar-refractivity contribution >= 4 is 122 Å². The lowest BCUT2D eigenvalue weighted by atomic mass is 9.80. The molecule has 0 radical (unpaired) electrons. The number of pyridine rings is 1. The lowest BCUT2D eigenvalue weighted by Gasteiger charge is -2.13. The molecule has 14 rings (SSSR count). The van der Waals surface area contributed by atoms with Crippen molar-refractivity contribution in [2.75, 3.05) is 30.3 Å². The summed E-state index contributed by atoms with van der Waals surface area (Å²) in [6.45, 7) is 15.4. The second-order valence-corrected chi connectivity index (χ2v) is 26.7. The SMILES string of the molecule is CCC(C)c1cnc2c(Br)nc(Br)cn12.CCC(C)c1cnc2c(NCCc3cn(C)c4ccccc34)nc(-c3cncc(F)c3)cn12.CCC(C)c1cnc2c(NCCc3cn(C)c4ccccc34)nc(Br)cn12.Cn1cc(CCN)c2ccccc21.OB(O)c1cccc(F)c1. The summed E-state index contributed by atoms with van der Waals surface area (Å²) in [6, 6.07) is 32.0. The molecule has 0 aliphatic carbocycles. The van der Waals surface area contributed by atoms with Gasteiger partial charge in [-0.3, -0.25) is 18.2 Å². The third-order valence-electron chi connectivity index (χ3n) is 17.7. The minimum Gasteiger partial charge on any atom is -0.423 e. The summed E-state index contributed by atoms with van der Waals surface area (Å²) in [5, 5.41) is 28.0. The smallest absolute Gasteiger partial charge is 0.423 e. The van der Waals surface area contributed by atoms with Crippen LogP contribution < -0.4 is 21.8 Å². The molecule has 3 atom stereocenters. The summed E-state index contributed by atoms with van der Waals surface area (Å²) in [5.74, 6) is 1.95. The highest BCUT2D eigenvalue weighted by Gasteiger charge is 2.19. The fourth-order valence-corrected chi connectivity index (χ4v) is 13.4. The molecule has 0 aliphatic rings. The van der Waals surface area contributed by atoms with Crippen molar-refractivity contribution in [3.63, 3.8) is 0 Å². The predicted molar refractivity (Wildman–Crippen MR) is 403 cm³/mol. The van der Waals surface area contributed by atoms with Gasteiger partial charge in [-0.15, -0.1) is 0 Å². The first-order chi connectivity index (χ1) is 47.3. The van der Waals surface area contributed by atoms with Crippen LogP contribution in [0.3, 0.4) is 0 Å². The molecule has 0 fully saturated rings. The molecule has 98 heavy (non-hydrogen) atoms. The molecule has 3 unspecified atom stereocenters. The van der Waals surface area contributed by atoms with E-state index in [0.29, 0.717) is 47.9 Å². The monoisotopic (exact) mass is 1510 g/mol. The first-order valence-corrected chi connectivity index (χ1v) is 35.3. The summed E-state index contributed by atoms with van der Waals surface area (Å²) in [5.41, 5.74) is 20.8. The highest BCUT2D eigenvalue weighted by molar-refractivity contribution is 9.11. The normalized spacial score (nSPS) is 12.2. The van der Waals surface area contributed by atoms with Gasteiger partial charge in [-0.25, -0.2) is 38.7 Å². The Hall–Kier alpha value is -8.65. The number of nitrogens with zero attached hydrogens (tertiary/aromatic N) is 13. The van der Waals surface area contributed by atoms with Crippen molar-refractivity contribution in [2.24, 2.45) is 26.9 Å². The molecule has 14 aromatic rings. The number of benzene rings is 4. The summed E-state index contributed by atoms with van der Waals surface area (Å²) in [6.07, 6.45) is 27.0. The Labute approximate surface area is 595 Å². The van der Waals surface area contributed by atoms with Gasteiger partial charge in [-0.2, -0.15) is 0 Å². The number of nitrogens with two attached hydrogens (primary N) is 1. The van der Waals surface area contributed by atoms with Crippen LogP contribution in [0.15, 0.2) is 185 Å². The Morgan fingerprint density at radius 1 is 0.500 bits per heavy atom. The average molecular weight is 1520 g/mol. The molecule has 0 spiro atoms. The zero-order chi connectivity index (χ0) is 69.7. The van der Waals surface area contributed by atoms with Gasteiger partial charge in [0.05, 0.1) is 11.9 Å². The molecule has 24 heteroatoms. The standard InChI is InChI=1S/C26H27FN6.C21H24BrN5.C11H14N2.C10H11Br2N3.C6H6BFO2/c1-4-17(2)24-14-30-26-25(31-22(16-33(24)26)19-11-20(27)13-28-12-19)29-10-9-18-15-32(3)23-8-6-5-7-21(18)23;1-4-14(2)18-11-24-21-20(25-19(22)13-27(18)21)23-10-9-15-12-26(3)17-8-6-5-7-16(15)17;1-13-8-9(6-7-12)10-4-2-3-5-11(10)13;1-3-6(2)7-4-13-10-9(12)14-8(11)5-15(7)10;8-6-3-1-2-5(4-6)7(9)10/h5-8,11-17H,4,9-10H2,1-3H3,(H,29,31);5-8,11-14H,4,9-10H2,1-3H3,(H,23,25);2-5,8H,6-7,12H2,1H3;4-6H,3H2,1-2H3;1-4,9-10H. The van der Waals surface area contributed by atoms with Crippen LogP contribution in [-0.4, -0.2) is 98.6 Å². The van der Waals surface area contributed by atoms with Crippen LogP contribution >= 0.6 is 47.8 Å². The van der Waals surface area contributed by atoms with Crippen LogP contribution in [0.4, 0.5) is 20.4 Å². The molecule has 4 aromatic carbocycles. The fourth-order valence-electron chi connectivity index (χ4n) is 11.9. The van der Waals surface area contributed by atoms with Crippen LogP contribution in [0, 0.1) is 11.6 Å². The fraction of sp³-hybridized carbons (Fsp3) is 0.284. The third kappa shape index (κ3) is 16.9. The molecule has 0 saturated heterocycles. The first-order valence-electron chi connectivity index (χ1n) is 32.9. The zero-order valence-electron chi connectivity index (χ0n) is 56.5. The van der Waals surface area contributed by atoms with E-state index in [2.05, 4.69) is 269 Å². The Kier molecular flexibility index (Phi) is 24.5. The topological polar surface area (TPSA) is 209 Å². The average Bonchev–Trinajstić information content (AvgIpc) is 1.55. The van der Waals surface area contributed by atoms with Gasteiger partial charge in [0.2, 0.25) is 0 Å². The number of fused-ring (bicyclic) bond motifs is 6. The first kappa shape index (κ1) is 72.1. The molecule has 0 saturated carbocycles. The third-order valence-corrected chi connectivity index (χ3v) is 19.0. The lowest BCUT2D eigenvalue weighted by Crippen LogP contribution is -2.29. The number of hydrogen-bond donors (Lipinski definition) is 5. The Morgan fingerprint density at radius 3 is 1.39 bits per heavy atom. The Morgan fingerprint density at radius 2 is 0.939 bits per heavy atom. The molecular weight excluding hydrogens is 1430 g/mol. The van der Waals surface area contributed by atoms with E-state index in [1.54, 1.807) is 6.20 Å². The van der Waals surface area contributed by atoms with Gasteiger partial charge in [-0.05, 0) is 169 Å². The number of halogens is 5. The van der Waals surface area contributed by atoms with E-state index in [9.17, 15) is 8.78 Å². The molecule has 0 aliphatic heterocycles. The van der Waals surface area contributed by atoms with Crippen LogP contribution in [0.1, 0.15) is 112 Å². The van der Waals surface area contributed by atoms with Crippen molar-refractivity contribution in [1.82, 2.24) is 61.8 Å². The summed E-state index contributed by atoms with van der Waals surface area (Å²) in [7, 11) is 4.65. The molecule has 10 aromatic heterocycles. The Balaban J connectivity index is 0.000000142. The number of aromatic nitrogens is 13. The summed E-state index contributed by atoms with van der Waals surface area (Å²) in [4.78, 5) is 31.3. The highest BCUT2D eigenvalue weighted by atomic mass is 79.9. The molecule has 0 bridgehead atoms. The maximum atomic E-state index is 13.9. The maximum Gasteiger partial charge on any atom is 0.488 e. The second-order valence-electron chi connectivity index (χ2n) is 24.4. The van der Waals surface area contributed by atoms with Crippen LogP contribution in [0.5, 0.6) is 0 Å². The summed E-state index contributed by atoms with van der Waals surface area (Å²) >= 11 is 10.3. The zero-order valence-corrected chi connectivity index (χ0v) is 61.3. The largest absolute Gasteiger partial charge is 0.488 e. The number of aryl methyl sites for hydroxylation is 3. The minimum atomic E-state index is -1.59. The van der Waals surface area contributed by atoms with Crippen LogP contribution in [0.25, 0.3) is 60.9 Å². The summed E-state index contributed by atoms with van der Waals surface area (Å²) < 4.78 is 41.4. The van der Waals surface area contributed by atoms with E-state index < -0.39 is 12.9 Å². The van der Waals surface area contributed by atoms with Gasteiger partial charge in [0.25, 0.3) is 0 Å². The Bertz CT molecular complexity index is 5000. The van der Waals surface area contributed by atoms with Crippen molar-refractivity contribution in [1.29, 1.82) is 0 Å².